The van der Waals surface area contributed by atoms with E-state index in [1.54, 1.807) is 0 Å². The predicted octanol–water partition coefficient (Wildman–Crippen LogP) is 6.05. The highest BCUT2D eigenvalue weighted by Crippen LogP contribution is 2.68. The molecule has 3 heteroatoms. The number of hydrogen-bond acceptors (Lipinski definition) is 1. The Bertz CT molecular complexity index is 520. The number of fused-ring (bicyclic) bond motifs is 5. The highest BCUT2D eigenvalue weighted by atomic mass is 19.3. The number of halogens is 2. The average molecular weight is 355 g/mol. The molecular formula is C22H36F2O. The van der Waals surface area contributed by atoms with E-state index in [-0.39, 0.29) is 35.7 Å². The van der Waals surface area contributed by atoms with Gasteiger partial charge in [0.25, 0.3) is 0 Å². The summed E-state index contributed by atoms with van der Waals surface area (Å²) in [5.41, 5.74) is 0.181. The van der Waals surface area contributed by atoms with E-state index in [1.165, 1.54) is 6.42 Å². The van der Waals surface area contributed by atoms with Gasteiger partial charge in [-0.25, -0.2) is 8.78 Å². The molecule has 0 saturated heterocycles. The van der Waals surface area contributed by atoms with Crippen LogP contribution in [0.5, 0.6) is 0 Å². The van der Waals surface area contributed by atoms with Crippen molar-refractivity contribution in [3.63, 3.8) is 0 Å². The third-order valence-electron chi connectivity index (χ3n) is 9.43. The second kappa shape index (κ2) is 5.91. The summed E-state index contributed by atoms with van der Waals surface area (Å²) in [6.07, 6.45) is 8.44. The molecule has 0 spiro atoms. The molecule has 144 valence electrons. The lowest BCUT2D eigenvalue weighted by atomic mass is 9.42. The van der Waals surface area contributed by atoms with Crippen molar-refractivity contribution < 1.29 is 13.9 Å². The lowest BCUT2D eigenvalue weighted by Crippen LogP contribution is -2.57. The molecule has 1 nitrogen and oxygen atoms in total. The Morgan fingerprint density at radius 3 is 2.40 bits per heavy atom. The zero-order valence-electron chi connectivity index (χ0n) is 16.2. The van der Waals surface area contributed by atoms with Crippen molar-refractivity contribution in [1.82, 2.24) is 0 Å². The van der Waals surface area contributed by atoms with Crippen molar-refractivity contribution in [2.45, 2.75) is 97.0 Å². The number of alkyl halides is 2. The van der Waals surface area contributed by atoms with Gasteiger partial charge in [-0.15, -0.1) is 0 Å². The van der Waals surface area contributed by atoms with Gasteiger partial charge in [0.1, 0.15) is 0 Å². The standard InChI is InChI=1S/C22H36F2O/c1-4-5-14-12-15-13-22(23,24)11-10-20(15,2)17-8-9-21(3)16(19(14)17)6-7-18(21)25/h14-19,25H,4-13H2,1-3H3/t14?,15?,16?,17?,18-,19-,20-,21-/m0/s1. The van der Waals surface area contributed by atoms with Crippen LogP contribution in [0.2, 0.25) is 0 Å². The van der Waals surface area contributed by atoms with Crippen LogP contribution in [0.3, 0.4) is 0 Å². The molecule has 0 amide bonds. The van der Waals surface area contributed by atoms with Crippen molar-refractivity contribution >= 4 is 0 Å². The fourth-order valence-electron chi connectivity index (χ4n) is 7.99. The molecule has 4 aliphatic rings. The second-order valence-corrected chi connectivity index (χ2v) is 10.5. The van der Waals surface area contributed by atoms with Gasteiger partial charge in [0.2, 0.25) is 5.92 Å². The zero-order valence-corrected chi connectivity index (χ0v) is 16.2. The van der Waals surface area contributed by atoms with Gasteiger partial charge < -0.3 is 5.11 Å². The zero-order chi connectivity index (χ0) is 18.0. The van der Waals surface area contributed by atoms with Crippen LogP contribution in [-0.2, 0) is 0 Å². The first kappa shape index (κ1) is 18.2. The molecule has 4 aliphatic carbocycles. The van der Waals surface area contributed by atoms with Crippen LogP contribution in [0.25, 0.3) is 0 Å². The van der Waals surface area contributed by atoms with Crippen molar-refractivity contribution in [1.29, 1.82) is 0 Å². The first-order valence-corrected chi connectivity index (χ1v) is 10.8. The highest BCUT2D eigenvalue weighted by molar-refractivity contribution is 5.11. The minimum absolute atomic E-state index is 0.0783. The molecule has 4 unspecified atom stereocenters. The van der Waals surface area contributed by atoms with Crippen LogP contribution in [0.15, 0.2) is 0 Å². The van der Waals surface area contributed by atoms with Crippen LogP contribution in [0.1, 0.15) is 85.0 Å². The smallest absolute Gasteiger partial charge is 0.248 e. The first-order valence-electron chi connectivity index (χ1n) is 10.8. The first-order chi connectivity index (χ1) is 11.7. The van der Waals surface area contributed by atoms with Crippen LogP contribution in [0.4, 0.5) is 8.78 Å². The Morgan fingerprint density at radius 1 is 0.960 bits per heavy atom. The molecule has 8 atom stereocenters. The molecule has 1 N–H and O–H groups in total. The molecule has 25 heavy (non-hydrogen) atoms. The minimum atomic E-state index is -2.44. The van der Waals surface area contributed by atoms with Crippen molar-refractivity contribution in [3.8, 4) is 0 Å². The van der Waals surface area contributed by atoms with Gasteiger partial charge in [-0.2, -0.15) is 0 Å². The van der Waals surface area contributed by atoms with Crippen LogP contribution >= 0.6 is 0 Å². The fourth-order valence-corrected chi connectivity index (χ4v) is 7.99. The molecule has 0 bridgehead atoms. The molecule has 0 aromatic heterocycles. The molecular weight excluding hydrogens is 318 g/mol. The summed E-state index contributed by atoms with van der Waals surface area (Å²) in [6.45, 7) is 6.91. The van der Waals surface area contributed by atoms with Gasteiger partial charge >= 0.3 is 0 Å². The number of aliphatic hydroxyl groups excluding tert-OH is 1. The summed E-state index contributed by atoms with van der Waals surface area (Å²) in [7, 11) is 0. The van der Waals surface area contributed by atoms with Gasteiger partial charge in [0.15, 0.2) is 0 Å². The molecule has 4 rings (SSSR count). The maximum atomic E-state index is 14.2. The largest absolute Gasteiger partial charge is 0.393 e. The van der Waals surface area contributed by atoms with E-state index in [2.05, 4.69) is 20.8 Å². The van der Waals surface area contributed by atoms with Crippen molar-refractivity contribution in [3.05, 3.63) is 0 Å². The Morgan fingerprint density at radius 2 is 1.68 bits per heavy atom. The Kier molecular flexibility index (Phi) is 4.30. The lowest BCUT2D eigenvalue weighted by Gasteiger charge is -2.63. The number of rotatable bonds is 2. The maximum Gasteiger partial charge on any atom is 0.248 e. The molecule has 4 fully saturated rings. The van der Waals surface area contributed by atoms with E-state index in [0.29, 0.717) is 30.1 Å². The SMILES string of the molecule is CCCC1CC2CC(F)(F)CC[C@]2(C)C2CC[C@@]3(C)C(CC[C@@H]3O)[C@H]12. The van der Waals surface area contributed by atoms with Crippen LogP contribution in [0, 0.1) is 40.4 Å². The van der Waals surface area contributed by atoms with E-state index in [0.717, 1.165) is 38.5 Å². The monoisotopic (exact) mass is 354 g/mol. The molecule has 0 aromatic carbocycles. The van der Waals surface area contributed by atoms with Crippen LogP contribution < -0.4 is 0 Å². The predicted molar refractivity (Wildman–Crippen MR) is 96.5 cm³/mol. The third-order valence-corrected chi connectivity index (χ3v) is 9.43. The summed E-state index contributed by atoms with van der Waals surface area (Å²) in [4.78, 5) is 0. The Hall–Kier alpha value is -0.180. The Labute approximate surface area is 152 Å². The summed E-state index contributed by atoms with van der Waals surface area (Å²) >= 11 is 0. The van der Waals surface area contributed by atoms with Gasteiger partial charge in [0.05, 0.1) is 6.10 Å². The maximum absolute atomic E-state index is 14.2. The van der Waals surface area contributed by atoms with E-state index < -0.39 is 5.92 Å². The minimum Gasteiger partial charge on any atom is -0.393 e. The van der Waals surface area contributed by atoms with Crippen LogP contribution in [-0.4, -0.2) is 17.1 Å². The molecule has 0 heterocycles. The van der Waals surface area contributed by atoms with Gasteiger partial charge in [0, 0.05) is 12.8 Å². The summed E-state index contributed by atoms with van der Waals surface area (Å²) < 4.78 is 28.4. The van der Waals surface area contributed by atoms with Gasteiger partial charge in [-0.05, 0) is 78.9 Å². The lowest BCUT2D eigenvalue weighted by molar-refractivity contribution is -0.184. The van der Waals surface area contributed by atoms with E-state index in [1.807, 2.05) is 0 Å². The molecule has 4 saturated carbocycles. The number of hydrogen-bond donors (Lipinski definition) is 1. The van der Waals surface area contributed by atoms with Crippen molar-refractivity contribution in [2.75, 3.05) is 0 Å². The van der Waals surface area contributed by atoms with E-state index >= 15 is 0 Å². The second-order valence-electron chi connectivity index (χ2n) is 10.5. The van der Waals surface area contributed by atoms with Gasteiger partial charge in [-0.3, -0.25) is 0 Å². The summed E-state index contributed by atoms with van der Waals surface area (Å²) in [5, 5.41) is 10.7. The Balaban J connectivity index is 1.69. The molecule has 0 aliphatic heterocycles. The summed E-state index contributed by atoms with van der Waals surface area (Å²) in [6, 6.07) is 0. The molecule has 0 radical (unpaired) electrons. The normalized spacial score (nSPS) is 54.5. The van der Waals surface area contributed by atoms with Gasteiger partial charge in [-0.1, -0.05) is 33.6 Å². The third kappa shape index (κ3) is 2.62. The summed E-state index contributed by atoms with van der Waals surface area (Å²) in [5.74, 6) is 0.214. The quantitative estimate of drug-likeness (QED) is 0.640. The number of aliphatic hydroxyl groups is 1. The fraction of sp³-hybridized carbons (Fsp3) is 1.00. The average Bonchev–Trinajstić information content (AvgIpc) is 2.85. The van der Waals surface area contributed by atoms with Crippen molar-refractivity contribution in [2.24, 2.45) is 40.4 Å². The molecule has 0 aromatic rings. The highest BCUT2D eigenvalue weighted by Gasteiger charge is 2.63. The van der Waals surface area contributed by atoms with E-state index in [9.17, 15) is 13.9 Å². The topological polar surface area (TPSA) is 20.2 Å². The van der Waals surface area contributed by atoms with E-state index in [4.69, 9.17) is 0 Å².